The van der Waals surface area contributed by atoms with Gasteiger partial charge in [0.15, 0.2) is 0 Å². The Kier molecular flexibility index (Phi) is 5.44. The summed E-state index contributed by atoms with van der Waals surface area (Å²) in [5.74, 6) is 0.341. The zero-order valence-corrected chi connectivity index (χ0v) is 13.8. The maximum atomic E-state index is 12.6. The van der Waals surface area contributed by atoms with Gasteiger partial charge in [0.05, 0.1) is 0 Å². The Bertz CT molecular complexity index is 725. The molecule has 1 saturated carbocycles. The molecule has 3 rings (SSSR count). The van der Waals surface area contributed by atoms with Crippen LogP contribution >= 0.6 is 12.4 Å². The number of aromatic amines is 1. The number of H-pyrrole nitrogens is 1. The molecular weight excluding hydrogens is 324 g/mol. The number of nitrogens with two attached hydrogens (primary N) is 1. The van der Waals surface area contributed by atoms with Gasteiger partial charge in [-0.25, -0.2) is 18.1 Å². The number of pyridine rings is 1. The number of nitrogens with one attached hydrogen (secondary N) is 2. The summed E-state index contributed by atoms with van der Waals surface area (Å²) < 4.78 is 28.0. The van der Waals surface area contributed by atoms with Gasteiger partial charge in [0.25, 0.3) is 0 Å². The van der Waals surface area contributed by atoms with E-state index in [-0.39, 0.29) is 23.3 Å². The summed E-state index contributed by atoms with van der Waals surface area (Å²) in [5.41, 5.74) is 6.35. The van der Waals surface area contributed by atoms with Crippen LogP contribution in [0.3, 0.4) is 0 Å². The van der Waals surface area contributed by atoms with E-state index >= 15 is 0 Å². The maximum Gasteiger partial charge on any atom is 0.243 e. The van der Waals surface area contributed by atoms with Crippen molar-refractivity contribution < 1.29 is 8.42 Å². The zero-order valence-electron chi connectivity index (χ0n) is 12.2. The molecule has 22 heavy (non-hydrogen) atoms. The summed E-state index contributed by atoms with van der Waals surface area (Å²) in [4.78, 5) is 7.25. The number of hydrogen-bond donors (Lipinski definition) is 3. The second-order valence-electron chi connectivity index (χ2n) is 5.56. The van der Waals surface area contributed by atoms with Gasteiger partial charge in [-0.2, -0.15) is 0 Å². The smallest absolute Gasteiger partial charge is 0.243 e. The molecule has 0 aromatic carbocycles. The SMILES string of the molecule is Cl.NCC(NS(=O)(=O)c1c[nH]c2ncccc12)C1CCCC1. The van der Waals surface area contributed by atoms with Crippen molar-refractivity contribution in [2.75, 3.05) is 6.54 Å². The fourth-order valence-corrected chi connectivity index (χ4v) is 4.59. The monoisotopic (exact) mass is 344 g/mol. The molecule has 0 spiro atoms. The Balaban J connectivity index is 0.00000176. The van der Waals surface area contributed by atoms with Gasteiger partial charge in [-0.3, -0.25) is 0 Å². The number of halogens is 1. The summed E-state index contributed by atoms with van der Waals surface area (Å²) in [5, 5.41) is 0.604. The molecule has 0 saturated heterocycles. The molecule has 4 N–H and O–H groups in total. The minimum atomic E-state index is -3.59. The molecule has 2 aromatic heterocycles. The average molecular weight is 345 g/mol. The Labute approximate surface area is 136 Å². The van der Waals surface area contributed by atoms with Gasteiger partial charge >= 0.3 is 0 Å². The first-order valence-corrected chi connectivity index (χ1v) is 8.74. The quantitative estimate of drug-likeness (QED) is 0.769. The molecule has 1 unspecified atom stereocenters. The minimum absolute atomic E-state index is 0. The molecule has 1 aliphatic rings. The molecule has 8 heteroatoms. The molecule has 2 heterocycles. The highest BCUT2D eigenvalue weighted by Gasteiger charge is 2.29. The number of fused-ring (bicyclic) bond motifs is 1. The van der Waals surface area contributed by atoms with Crippen molar-refractivity contribution in [2.45, 2.75) is 36.6 Å². The first-order valence-electron chi connectivity index (χ1n) is 7.26. The number of nitrogens with zero attached hydrogens (tertiary/aromatic N) is 1. The molecule has 0 bridgehead atoms. The fraction of sp³-hybridized carbons (Fsp3) is 0.500. The van der Waals surface area contributed by atoms with E-state index in [1.165, 1.54) is 6.20 Å². The minimum Gasteiger partial charge on any atom is -0.345 e. The molecular formula is C14H21ClN4O2S. The van der Waals surface area contributed by atoms with E-state index in [1.54, 1.807) is 18.3 Å². The topological polar surface area (TPSA) is 101 Å². The van der Waals surface area contributed by atoms with Gasteiger partial charge in [0.2, 0.25) is 10.0 Å². The third-order valence-corrected chi connectivity index (χ3v) is 5.76. The van der Waals surface area contributed by atoms with E-state index < -0.39 is 10.0 Å². The van der Waals surface area contributed by atoms with Gasteiger partial charge in [0.1, 0.15) is 10.5 Å². The molecule has 0 radical (unpaired) electrons. The number of rotatable bonds is 5. The standard InChI is InChI=1S/C14H20N4O2S.ClH/c15-8-12(10-4-1-2-5-10)18-21(19,20)13-9-17-14-11(13)6-3-7-16-14;/h3,6-7,9-10,12,18H,1-2,4-5,8,15H2,(H,16,17);1H. The summed E-state index contributed by atoms with van der Waals surface area (Å²) in [6, 6.07) is 3.28. The molecule has 1 fully saturated rings. The summed E-state index contributed by atoms with van der Waals surface area (Å²) in [6.45, 7) is 0.324. The van der Waals surface area contributed by atoms with Crippen LogP contribution in [0, 0.1) is 5.92 Å². The Morgan fingerprint density at radius 3 is 2.82 bits per heavy atom. The lowest BCUT2D eigenvalue weighted by Crippen LogP contribution is -2.44. The Morgan fingerprint density at radius 1 is 1.41 bits per heavy atom. The molecule has 0 amide bonds. The largest absolute Gasteiger partial charge is 0.345 e. The Hall–Kier alpha value is -1.15. The van der Waals surface area contributed by atoms with Crippen LogP contribution in [0.5, 0.6) is 0 Å². The summed E-state index contributed by atoms with van der Waals surface area (Å²) in [6.07, 6.45) is 7.51. The van der Waals surface area contributed by atoms with E-state index in [4.69, 9.17) is 5.73 Å². The van der Waals surface area contributed by atoms with Crippen molar-refractivity contribution in [3.05, 3.63) is 24.5 Å². The summed E-state index contributed by atoms with van der Waals surface area (Å²) >= 11 is 0. The molecule has 0 aliphatic heterocycles. The first kappa shape index (κ1) is 17.2. The van der Waals surface area contributed by atoms with Gasteiger partial charge < -0.3 is 10.7 Å². The van der Waals surface area contributed by atoms with Crippen molar-refractivity contribution in [3.63, 3.8) is 0 Å². The summed E-state index contributed by atoms with van der Waals surface area (Å²) in [7, 11) is -3.59. The lowest BCUT2D eigenvalue weighted by atomic mass is 9.99. The van der Waals surface area contributed by atoms with Crippen LogP contribution in [0.4, 0.5) is 0 Å². The van der Waals surface area contributed by atoms with Crippen LogP contribution in [0.2, 0.25) is 0 Å². The molecule has 6 nitrogen and oxygen atoms in total. The second kappa shape index (κ2) is 6.95. The van der Waals surface area contributed by atoms with Crippen molar-refractivity contribution in [1.29, 1.82) is 0 Å². The number of hydrogen-bond acceptors (Lipinski definition) is 4. The molecule has 2 aromatic rings. The lowest BCUT2D eigenvalue weighted by Gasteiger charge is -2.22. The van der Waals surface area contributed by atoms with Crippen LogP contribution in [-0.2, 0) is 10.0 Å². The highest BCUT2D eigenvalue weighted by atomic mass is 35.5. The maximum absolute atomic E-state index is 12.6. The first-order chi connectivity index (χ1) is 10.1. The lowest BCUT2D eigenvalue weighted by molar-refractivity contribution is 0.406. The predicted octanol–water partition coefficient (Wildman–Crippen LogP) is 1.78. The third kappa shape index (κ3) is 3.27. The van der Waals surface area contributed by atoms with E-state index in [0.717, 1.165) is 25.7 Å². The number of sulfonamides is 1. The average Bonchev–Trinajstić information content (AvgIpc) is 3.14. The molecule has 1 aliphatic carbocycles. The second-order valence-corrected chi connectivity index (χ2v) is 7.24. The van der Waals surface area contributed by atoms with Crippen LogP contribution < -0.4 is 10.5 Å². The van der Waals surface area contributed by atoms with E-state index in [0.29, 0.717) is 23.5 Å². The van der Waals surface area contributed by atoms with Gasteiger partial charge in [-0.1, -0.05) is 12.8 Å². The van der Waals surface area contributed by atoms with E-state index in [2.05, 4.69) is 14.7 Å². The van der Waals surface area contributed by atoms with Crippen LogP contribution in [0.25, 0.3) is 11.0 Å². The zero-order chi connectivity index (χ0) is 14.9. The highest BCUT2D eigenvalue weighted by Crippen LogP contribution is 2.29. The molecule has 1 atom stereocenters. The van der Waals surface area contributed by atoms with Gasteiger partial charge in [-0.15, -0.1) is 12.4 Å². The van der Waals surface area contributed by atoms with Crippen molar-refractivity contribution in [3.8, 4) is 0 Å². The van der Waals surface area contributed by atoms with Gasteiger partial charge in [-0.05, 0) is 30.9 Å². The van der Waals surface area contributed by atoms with Crippen LogP contribution in [0.15, 0.2) is 29.4 Å². The van der Waals surface area contributed by atoms with Crippen LogP contribution in [0.1, 0.15) is 25.7 Å². The van der Waals surface area contributed by atoms with Crippen molar-refractivity contribution in [1.82, 2.24) is 14.7 Å². The third-order valence-electron chi connectivity index (χ3n) is 4.23. The normalized spacial score (nSPS) is 17.5. The highest BCUT2D eigenvalue weighted by molar-refractivity contribution is 7.89. The van der Waals surface area contributed by atoms with Gasteiger partial charge in [0, 0.05) is 30.4 Å². The molecule has 122 valence electrons. The fourth-order valence-electron chi connectivity index (χ4n) is 3.11. The predicted molar refractivity (Wildman–Crippen MR) is 88.5 cm³/mol. The number of aromatic nitrogens is 2. The van der Waals surface area contributed by atoms with Crippen molar-refractivity contribution >= 4 is 33.5 Å². The van der Waals surface area contributed by atoms with E-state index in [1.807, 2.05) is 0 Å². The van der Waals surface area contributed by atoms with E-state index in [9.17, 15) is 8.42 Å². The van der Waals surface area contributed by atoms with Crippen molar-refractivity contribution in [2.24, 2.45) is 11.7 Å². The Morgan fingerprint density at radius 2 is 2.14 bits per heavy atom. The van der Waals surface area contributed by atoms with Crippen LogP contribution in [-0.4, -0.2) is 31.0 Å².